The van der Waals surface area contributed by atoms with Crippen molar-refractivity contribution in [2.75, 3.05) is 26.0 Å². The molecule has 0 radical (unpaired) electrons. The summed E-state index contributed by atoms with van der Waals surface area (Å²) in [6.07, 6.45) is 2.72. The Labute approximate surface area is 146 Å². The Bertz CT molecular complexity index is 627. The number of Topliss-reactive ketones (excluding diaryl/α,β-unsaturated/α-hetero) is 1. The van der Waals surface area contributed by atoms with Gasteiger partial charge in [-0.2, -0.15) is 0 Å². The number of nitrogens with one attached hydrogen (secondary N) is 1. The van der Waals surface area contributed by atoms with Crippen molar-refractivity contribution in [3.8, 4) is 0 Å². The number of rotatable bonds is 5. The minimum absolute atomic E-state index is 0.219. The number of hydrogen-bond acceptors (Lipinski definition) is 6. The average Bonchev–Trinajstić information content (AvgIpc) is 2.91. The van der Waals surface area contributed by atoms with Crippen molar-refractivity contribution in [3.63, 3.8) is 0 Å². The number of esters is 1. The van der Waals surface area contributed by atoms with Gasteiger partial charge in [-0.1, -0.05) is 24.3 Å². The summed E-state index contributed by atoms with van der Waals surface area (Å²) in [5.74, 6) is -0.703. The number of benzene rings is 1. The van der Waals surface area contributed by atoms with E-state index in [1.807, 2.05) is 24.3 Å². The first-order valence-electron chi connectivity index (χ1n) is 8.34. The molecule has 0 bridgehead atoms. The minimum Gasteiger partial charge on any atom is -0.465 e. The molecule has 1 fully saturated rings. The molecule has 1 aromatic rings. The van der Waals surface area contributed by atoms with Crippen molar-refractivity contribution in [2.24, 2.45) is 0 Å². The second-order valence-electron chi connectivity index (χ2n) is 6.10. The molecule has 0 aromatic heterocycles. The number of carbonyl (C=O) groups excluding carboxylic acids is 2. The summed E-state index contributed by atoms with van der Waals surface area (Å²) in [6.45, 7) is 3.73. The number of carbonyl (C=O) groups is 2. The van der Waals surface area contributed by atoms with Gasteiger partial charge in [0.2, 0.25) is 0 Å². The van der Waals surface area contributed by atoms with Gasteiger partial charge in [0.05, 0.1) is 12.2 Å². The van der Waals surface area contributed by atoms with Gasteiger partial charge < -0.3 is 14.8 Å². The lowest BCUT2D eigenvalue weighted by atomic mass is 9.84. The molecule has 2 atom stereocenters. The van der Waals surface area contributed by atoms with Gasteiger partial charge in [-0.25, -0.2) is 0 Å². The third kappa shape index (κ3) is 2.98. The molecule has 1 aromatic carbocycles. The highest BCUT2D eigenvalue weighted by Gasteiger charge is 2.49. The molecule has 0 aliphatic carbocycles. The molecule has 130 valence electrons. The smallest absolute Gasteiger partial charge is 0.326 e. The lowest BCUT2D eigenvalue weighted by Gasteiger charge is -2.34. The molecule has 0 amide bonds. The second-order valence-corrected chi connectivity index (χ2v) is 7.04. The van der Waals surface area contributed by atoms with Crippen LogP contribution in [0, 0.1) is 0 Å². The number of thioether (sulfide) groups is 1. The molecular weight excluding hydrogens is 326 g/mol. The van der Waals surface area contributed by atoms with Gasteiger partial charge in [-0.05, 0) is 50.2 Å². The predicted octanol–water partition coefficient (Wildman–Crippen LogP) is 2.20. The van der Waals surface area contributed by atoms with Crippen molar-refractivity contribution >= 4 is 23.5 Å². The lowest BCUT2D eigenvalue weighted by molar-refractivity contribution is -0.153. The molecule has 2 aliphatic heterocycles. The van der Waals surface area contributed by atoms with Crippen molar-refractivity contribution < 1.29 is 19.1 Å². The zero-order valence-electron chi connectivity index (χ0n) is 14.0. The van der Waals surface area contributed by atoms with Gasteiger partial charge in [0.1, 0.15) is 6.10 Å². The fourth-order valence-electron chi connectivity index (χ4n) is 3.61. The molecule has 24 heavy (non-hydrogen) atoms. The summed E-state index contributed by atoms with van der Waals surface area (Å²) in [4.78, 5) is 25.1. The van der Waals surface area contributed by atoms with Crippen LogP contribution in [-0.2, 0) is 24.7 Å². The highest BCUT2D eigenvalue weighted by atomic mass is 32.2. The van der Waals surface area contributed by atoms with Crippen LogP contribution < -0.4 is 5.32 Å². The molecular formula is C18H23NO4S. The Morgan fingerprint density at radius 1 is 1.38 bits per heavy atom. The van der Waals surface area contributed by atoms with Crippen molar-refractivity contribution in [1.29, 1.82) is 0 Å². The quantitative estimate of drug-likeness (QED) is 0.649. The summed E-state index contributed by atoms with van der Waals surface area (Å²) < 4.78 is 11.4. The van der Waals surface area contributed by atoms with Crippen LogP contribution in [0.2, 0.25) is 0 Å². The van der Waals surface area contributed by atoms with E-state index in [1.165, 1.54) is 11.8 Å². The van der Waals surface area contributed by atoms with E-state index >= 15 is 0 Å². The highest BCUT2D eigenvalue weighted by Crippen LogP contribution is 2.49. The van der Waals surface area contributed by atoms with E-state index < -0.39 is 22.9 Å². The lowest BCUT2D eigenvalue weighted by Crippen LogP contribution is -2.41. The molecule has 6 heteroatoms. The number of piperidine rings is 1. The van der Waals surface area contributed by atoms with Crippen LogP contribution in [0.1, 0.15) is 37.0 Å². The first-order chi connectivity index (χ1) is 11.6. The topological polar surface area (TPSA) is 64.6 Å². The molecule has 0 saturated carbocycles. The van der Waals surface area contributed by atoms with E-state index in [9.17, 15) is 9.59 Å². The monoisotopic (exact) mass is 349 g/mol. The van der Waals surface area contributed by atoms with E-state index in [4.69, 9.17) is 9.47 Å². The fourth-order valence-corrected chi connectivity index (χ4v) is 4.22. The van der Waals surface area contributed by atoms with Crippen LogP contribution in [0.5, 0.6) is 0 Å². The maximum Gasteiger partial charge on any atom is 0.326 e. The van der Waals surface area contributed by atoms with Crippen LogP contribution in [0.15, 0.2) is 24.3 Å². The minimum atomic E-state index is -0.847. The first-order valence-corrected chi connectivity index (χ1v) is 9.63. The molecule has 2 aliphatic rings. The van der Waals surface area contributed by atoms with Crippen LogP contribution in [-0.4, -0.2) is 43.0 Å². The second kappa shape index (κ2) is 7.25. The van der Waals surface area contributed by atoms with E-state index in [0.29, 0.717) is 0 Å². The zero-order chi connectivity index (χ0) is 17.2. The number of hydrogen-bond donors (Lipinski definition) is 1. The Morgan fingerprint density at radius 2 is 2.08 bits per heavy atom. The highest BCUT2D eigenvalue weighted by molar-refractivity contribution is 8.00. The summed E-state index contributed by atoms with van der Waals surface area (Å²) in [5.41, 5.74) is 1.57. The summed E-state index contributed by atoms with van der Waals surface area (Å²) in [5, 5.41) is 2.49. The standard InChI is InChI=1S/C18H23NO4S/c1-3-22-17(21)16(24-2)14(20)15-12-6-4-5-7-13(12)18(23-15)8-10-19-11-9-18/h4-7,15-16,19H,3,8-11H2,1-2H3. The Hall–Kier alpha value is -1.37. The third-order valence-corrected chi connectivity index (χ3v) is 5.64. The average molecular weight is 349 g/mol. The van der Waals surface area contributed by atoms with E-state index in [1.54, 1.807) is 13.2 Å². The largest absolute Gasteiger partial charge is 0.465 e. The predicted molar refractivity (Wildman–Crippen MR) is 93.0 cm³/mol. The number of ketones is 1. The summed E-state index contributed by atoms with van der Waals surface area (Å²) in [6, 6.07) is 7.89. The van der Waals surface area contributed by atoms with E-state index in [0.717, 1.165) is 37.1 Å². The maximum atomic E-state index is 13.0. The van der Waals surface area contributed by atoms with Gasteiger partial charge in [-0.15, -0.1) is 11.8 Å². The maximum absolute atomic E-state index is 13.0. The number of ether oxygens (including phenoxy) is 2. The van der Waals surface area contributed by atoms with E-state index in [2.05, 4.69) is 5.32 Å². The van der Waals surface area contributed by atoms with Gasteiger partial charge in [0, 0.05) is 0 Å². The normalized spacial score (nSPS) is 22.8. The van der Waals surface area contributed by atoms with Gasteiger partial charge in [-0.3, -0.25) is 9.59 Å². The molecule has 2 heterocycles. The van der Waals surface area contributed by atoms with Crippen LogP contribution in [0.4, 0.5) is 0 Å². The van der Waals surface area contributed by atoms with Crippen LogP contribution >= 0.6 is 11.8 Å². The van der Waals surface area contributed by atoms with Crippen molar-refractivity contribution in [2.45, 2.75) is 36.7 Å². The van der Waals surface area contributed by atoms with Crippen LogP contribution in [0.25, 0.3) is 0 Å². The molecule has 2 unspecified atom stereocenters. The Kier molecular flexibility index (Phi) is 5.27. The van der Waals surface area contributed by atoms with Crippen molar-refractivity contribution in [1.82, 2.24) is 5.32 Å². The van der Waals surface area contributed by atoms with Crippen LogP contribution in [0.3, 0.4) is 0 Å². The summed E-state index contributed by atoms with van der Waals surface area (Å²) in [7, 11) is 0. The SMILES string of the molecule is CCOC(=O)C(SC)C(=O)C1OC2(CCNCC2)c2ccccc21. The Morgan fingerprint density at radius 3 is 2.75 bits per heavy atom. The number of fused-ring (bicyclic) bond motifs is 2. The van der Waals surface area contributed by atoms with Gasteiger partial charge in [0.25, 0.3) is 0 Å². The molecule has 3 rings (SSSR count). The Balaban J connectivity index is 1.91. The van der Waals surface area contributed by atoms with Gasteiger partial charge >= 0.3 is 5.97 Å². The molecule has 1 spiro atoms. The first kappa shape index (κ1) is 17.5. The zero-order valence-corrected chi connectivity index (χ0v) is 14.9. The molecule has 1 saturated heterocycles. The third-order valence-electron chi connectivity index (χ3n) is 4.74. The van der Waals surface area contributed by atoms with Crippen molar-refractivity contribution in [3.05, 3.63) is 35.4 Å². The van der Waals surface area contributed by atoms with Gasteiger partial charge in [0.15, 0.2) is 11.0 Å². The molecule has 1 N–H and O–H groups in total. The van der Waals surface area contributed by atoms with E-state index in [-0.39, 0.29) is 12.4 Å². The molecule has 5 nitrogen and oxygen atoms in total. The summed E-state index contributed by atoms with van der Waals surface area (Å²) >= 11 is 1.21. The fraction of sp³-hybridized carbons (Fsp3) is 0.556.